The maximum Gasteiger partial charge on any atom is 0.123 e. The molecule has 2 unspecified atom stereocenters. The summed E-state index contributed by atoms with van der Waals surface area (Å²) >= 11 is 0. The number of nitrogens with one attached hydrogen (secondary N) is 1. The molecule has 1 saturated heterocycles. The van der Waals surface area contributed by atoms with Crippen LogP contribution in [0.3, 0.4) is 0 Å². The number of rotatable bonds is 4. The van der Waals surface area contributed by atoms with Crippen LogP contribution in [-0.4, -0.2) is 37.6 Å². The molecule has 0 aromatic heterocycles. The fourth-order valence-electron chi connectivity index (χ4n) is 2.14. The van der Waals surface area contributed by atoms with Gasteiger partial charge in [0.2, 0.25) is 0 Å². The van der Waals surface area contributed by atoms with Gasteiger partial charge in [-0.05, 0) is 13.0 Å². The van der Waals surface area contributed by atoms with E-state index in [9.17, 15) is 5.11 Å². The molecule has 0 spiro atoms. The Morgan fingerprint density at radius 1 is 1.41 bits per heavy atom. The van der Waals surface area contributed by atoms with E-state index in [0.717, 1.165) is 11.3 Å². The van der Waals surface area contributed by atoms with Crippen LogP contribution >= 0.6 is 0 Å². The van der Waals surface area contributed by atoms with Crippen LogP contribution in [-0.2, 0) is 4.74 Å². The van der Waals surface area contributed by atoms with E-state index in [1.165, 1.54) is 0 Å². The third-order valence-electron chi connectivity index (χ3n) is 3.12. The minimum absolute atomic E-state index is 0.00471. The Morgan fingerprint density at radius 3 is 2.82 bits per heavy atom. The number of hydrogen-bond acceptors (Lipinski definition) is 4. The molecule has 1 aromatic carbocycles. The third kappa shape index (κ3) is 2.77. The topological polar surface area (TPSA) is 50.7 Å². The summed E-state index contributed by atoms with van der Waals surface area (Å²) in [6.07, 6.45) is -0.424. The molecule has 2 rings (SSSR count). The molecule has 0 bridgehead atoms. The third-order valence-corrected chi connectivity index (χ3v) is 3.12. The maximum absolute atomic E-state index is 9.69. The van der Waals surface area contributed by atoms with Gasteiger partial charge in [-0.25, -0.2) is 0 Å². The molecule has 3 atom stereocenters. The SMILES string of the molecule is COc1ccccc1[C@H](C)NC1COCC1O. The normalized spacial score (nSPS) is 25.8. The number of methoxy groups -OCH3 is 1. The van der Waals surface area contributed by atoms with Gasteiger partial charge in [0, 0.05) is 11.6 Å². The monoisotopic (exact) mass is 237 g/mol. The molecule has 1 fully saturated rings. The highest BCUT2D eigenvalue weighted by Crippen LogP contribution is 2.25. The van der Waals surface area contributed by atoms with E-state index in [0.29, 0.717) is 13.2 Å². The Morgan fingerprint density at radius 2 is 2.18 bits per heavy atom. The minimum Gasteiger partial charge on any atom is -0.496 e. The lowest BCUT2D eigenvalue weighted by atomic mass is 10.1. The molecular formula is C13H19NO3. The Hall–Kier alpha value is -1.10. The summed E-state index contributed by atoms with van der Waals surface area (Å²) in [5.41, 5.74) is 1.09. The molecule has 1 aliphatic heterocycles. The molecule has 4 heteroatoms. The molecular weight excluding hydrogens is 218 g/mol. The Kier molecular flexibility index (Phi) is 3.99. The number of para-hydroxylation sites is 1. The van der Waals surface area contributed by atoms with Crippen LogP contribution in [0.4, 0.5) is 0 Å². The van der Waals surface area contributed by atoms with Crippen LogP contribution in [0.25, 0.3) is 0 Å². The first-order chi connectivity index (χ1) is 8.22. The predicted octanol–water partition coefficient (Wildman–Crippen LogP) is 1.11. The van der Waals surface area contributed by atoms with Gasteiger partial charge in [-0.15, -0.1) is 0 Å². The molecule has 94 valence electrons. The van der Waals surface area contributed by atoms with Crippen LogP contribution in [0.15, 0.2) is 24.3 Å². The van der Waals surface area contributed by atoms with E-state index in [4.69, 9.17) is 9.47 Å². The summed E-state index contributed by atoms with van der Waals surface area (Å²) in [6, 6.07) is 8.01. The van der Waals surface area contributed by atoms with E-state index >= 15 is 0 Å². The van der Waals surface area contributed by atoms with Crippen molar-refractivity contribution in [3.63, 3.8) is 0 Å². The summed E-state index contributed by atoms with van der Waals surface area (Å²) in [5.74, 6) is 0.862. The van der Waals surface area contributed by atoms with Crippen LogP contribution in [0, 0.1) is 0 Å². The van der Waals surface area contributed by atoms with Crippen molar-refractivity contribution in [3.05, 3.63) is 29.8 Å². The predicted molar refractivity (Wildman–Crippen MR) is 65.2 cm³/mol. The van der Waals surface area contributed by atoms with Crippen molar-refractivity contribution in [1.82, 2.24) is 5.32 Å². The second-order valence-electron chi connectivity index (χ2n) is 4.34. The quantitative estimate of drug-likeness (QED) is 0.823. The molecule has 1 aliphatic rings. The molecule has 1 aromatic rings. The molecule has 0 radical (unpaired) electrons. The van der Waals surface area contributed by atoms with Gasteiger partial charge in [0.15, 0.2) is 0 Å². The van der Waals surface area contributed by atoms with Crippen molar-refractivity contribution in [3.8, 4) is 5.75 Å². The van der Waals surface area contributed by atoms with E-state index in [1.807, 2.05) is 24.3 Å². The van der Waals surface area contributed by atoms with Gasteiger partial charge >= 0.3 is 0 Å². The van der Waals surface area contributed by atoms with E-state index in [2.05, 4.69) is 12.2 Å². The number of aliphatic hydroxyl groups is 1. The van der Waals surface area contributed by atoms with Gasteiger partial charge in [0.25, 0.3) is 0 Å². The Bertz CT molecular complexity index is 369. The smallest absolute Gasteiger partial charge is 0.123 e. The lowest BCUT2D eigenvalue weighted by Gasteiger charge is -2.22. The zero-order chi connectivity index (χ0) is 12.3. The average Bonchev–Trinajstić information content (AvgIpc) is 2.75. The fraction of sp³-hybridized carbons (Fsp3) is 0.538. The summed E-state index contributed by atoms with van der Waals surface area (Å²) in [5, 5.41) is 13.1. The zero-order valence-electron chi connectivity index (χ0n) is 10.2. The van der Waals surface area contributed by atoms with Crippen molar-refractivity contribution in [1.29, 1.82) is 0 Å². The first-order valence-corrected chi connectivity index (χ1v) is 5.87. The molecule has 0 amide bonds. The van der Waals surface area contributed by atoms with Crippen molar-refractivity contribution < 1.29 is 14.6 Å². The Labute approximate surface area is 102 Å². The largest absolute Gasteiger partial charge is 0.496 e. The second kappa shape index (κ2) is 5.49. The average molecular weight is 237 g/mol. The molecule has 17 heavy (non-hydrogen) atoms. The van der Waals surface area contributed by atoms with Crippen LogP contribution in [0.2, 0.25) is 0 Å². The lowest BCUT2D eigenvalue weighted by molar-refractivity contribution is 0.121. The molecule has 4 nitrogen and oxygen atoms in total. The highest BCUT2D eigenvalue weighted by atomic mass is 16.5. The van der Waals surface area contributed by atoms with Crippen LogP contribution in [0.1, 0.15) is 18.5 Å². The van der Waals surface area contributed by atoms with E-state index < -0.39 is 6.10 Å². The maximum atomic E-state index is 9.69. The van der Waals surface area contributed by atoms with Crippen molar-refractivity contribution >= 4 is 0 Å². The van der Waals surface area contributed by atoms with Gasteiger partial charge in [0.05, 0.1) is 32.5 Å². The Balaban J connectivity index is 2.06. The number of aliphatic hydroxyl groups excluding tert-OH is 1. The van der Waals surface area contributed by atoms with Gasteiger partial charge in [-0.1, -0.05) is 18.2 Å². The van der Waals surface area contributed by atoms with Crippen molar-refractivity contribution in [2.24, 2.45) is 0 Å². The van der Waals surface area contributed by atoms with Crippen LogP contribution < -0.4 is 10.1 Å². The standard InChI is InChI=1S/C13H19NO3/c1-9(14-11-7-17-8-12(11)15)10-5-3-4-6-13(10)16-2/h3-6,9,11-12,14-15H,7-8H2,1-2H3/t9-,11?,12?/m0/s1. The van der Waals surface area contributed by atoms with Gasteiger partial charge in [0.1, 0.15) is 5.75 Å². The summed E-state index contributed by atoms with van der Waals surface area (Å²) in [6.45, 7) is 3.03. The fourth-order valence-corrected chi connectivity index (χ4v) is 2.14. The van der Waals surface area contributed by atoms with Gasteiger partial charge < -0.3 is 19.9 Å². The molecule has 1 heterocycles. The van der Waals surface area contributed by atoms with Gasteiger partial charge in [-0.2, -0.15) is 0 Å². The summed E-state index contributed by atoms with van der Waals surface area (Å²) < 4.78 is 10.5. The van der Waals surface area contributed by atoms with Crippen molar-refractivity contribution in [2.75, 3.05) is 20.3 Å². The lowest BCUT2D eigenvalue weighted by Crippen LogP contribution is -2.40. The van der Waals surface area contributed by atoms with E-state index in [1.54, 1.807) is 7.11 Å². The first kappa shape index (κ1) is 12.4. The number of benzene rings is 1. The summed E-state index contributed by atoms with van der Waals surface area (Å²) in [7, 11) is 1.67. The zero-order valence-corrected chi connectivity index (χ0v) is 10.2. The molecule has 0 aliphatic carbocycles. The van der Waals surface area contributed by atoms with Crippen LogP contribution in [0.5, 0.6) is 5.75 Å². The first-order valence-electron chi connectivity index (χ1n) is 5.87. The molecule has 0 saturated carbocycles. The van der Waals surface area contributed by atoms with Crippen molar-refractivity contribution in [2.45, 2.75) is 25.1 Å². The summed E-state index contributed by atoms with van der Waals surface area (Å²) in [4.78, 5) is 0. The van der Waals surface area contributed by atoms with E-state index in [-0.39, 0.29) is 12.1 Å². The highest BCUT2D eigenvalue weighted by molar-refractivity contribution is 5.35. The highest BCUT2D eigenvalue weighted by Gasteiger charge is 2.27. The second-order valence-corrected chi connectivity index (χ2v) is 4.34. The number of ether oxygens (including phenoxy) is 2. The minimum atomic E-state index is -0.424. The molecule has 2 N–H and O–H groups in total. The van der Waals surface area contributed by atoms with Gasteiger partial charge in [-0.3, -0.25) is 0 Å². The number of hydrogen-bond donors (Lipinski definition) is 2.